The molecule has 28 heavy (non-hydrogen) atoms. The lowest BCUT2D eigenvalue weighted by atomic mass is 10.0. The molecular formula is C20H25N7O. The average Bonchev–Trinajstić information content (AvgIpc) is 2.97. The van der Waals surface area contributed by atoms with Gasteiger partial charge in [0.15, 0.2) is 5.65 Å². The Morgan fingerprint density at radius 2 is 2.07 bits per heavy atom. The van der Waals surface area contributed by atoms with Gasteiger partial charge in [-0.25, -0.2) is 4.98 Å². The van der Waals surface area contributed by atoms with Crippen LogP contribution < -0.4 is 11.1 Å². The fourth-order valence-electron chi connectivity index (χ4n) is 3.14. The monoisotopic (exact) mass is 379 g/mol. The number of aromatic nitrogens is 4. The van der Waals surface area contributed by atoms with Crippen LogP contribution in [-0.2, 0) is 18.4 Å². The Balaban J connectivity index is 1.86. The van der Waals surface area contributed by atoms with Crippen LogP contribution >= 0.6 is 0 Å². The van der Waals surface area contributed by atoms with Crippen molar-refractivity contribution in [1.82, 2.24) is 19.6 Å². The summed E-state index contributed by atoms with van der Waals surface area (Å²) in [5, 5.41) is 27.3. The zero-order valence-corrected chi connectivity index (χ0v) is 16.6. The van der Waals surface area contributed by atoms with E-state index in [1.807, 2.05) is 26.0 Å². The van der Waals surface area contributed by atoms with Crippen molar-refractivity contribution in [1.29, 1.82) is 5.26 Å². The molecular weight excluding hydrogens is 354 g/mol. The third kappa shape index (κ3) is 3.62. The average molecular weight is 379 g/mol. The van der Waals surface area contributed by atoms with Crippen LogP contribution in [0.5, 0.6) is 0 Å². The molecule has 146 valence electrons. The summed E-state index contributed by atoms with van der Waals surface area (Å²) in [6.07, 6.45) is 1.39. The van der Waals surface area contributed by atoms with Gasteiger partial charge >= 0.3 is 0 Å². The first kappa shape index (κ1) is 19.6. The smallest absolute Gasteiger partial charge is 0.163 e. The van der Waals surface area contributed by atoms with Crippen molar-refractivity contribution < 1.29 is 5.11 Å². The van der Waals surface area contributed by atoms with Crippen LogP contribution in [0.3, 0.4) is 0 Å². The van der Waals surface area contributed by atoms with Gasteiger partial charge in [-0.2, -0.15) is 14.9 Å². The molecule has 0 amide bonds. The molecule has 8 heteroatoms. The zero-order chi connectivity index (χ0) is 20.5. The standard InChI is InChI=1S/C20H25N7O/c1-5-14-12(2)26-27-17(22)15(11-21)18(25-19(14)27)23-10-9-13-7-6-8-16(24-13)20(3,4)28/h6-8,28H,5,9-10,22H2,1-4H3,(H,23,25). The van der Waals surface area contributed by atoms with Gasteiger partial charge < -0.3 is 16.2 Å². The van der Waals surface area contributed by atoms with E-state index in [0.29, 0.717) is 30.1 Å². The summed E-state index contributed by atoms with van der Waals surface area (Å²) in [6, 6.07) is 7.70. The number of nitrogens with zero attached hydrogens (tertiary/aromatic N) is 5. The molecule has 0 aliphatic carbocycles. The van der Waals surface area contributed by atoms with E-state index in [0.717, 1.165) is 23.4 Å². The third-order valence-corrected chi connectivity index (χ3v) is 4.67. The van der Waals surface area contributed by atoms with Crippen molar-refractivity contribution in [2.45, 2.75) is 46.1 Å². The van der Waals surface area contributed by atoms with Gasteiger partial charge in [0, 0.05) is 24.2 Å². The van der Waals surface area contributed by atoms with Crippen LogP contribution in [0.1, 0.15) is 49.0 Å². The highest BCUT2D eigenvalue weighted by atomic mass is 16.3. The predicted octanol–water partition coefficient (Wildman–Crippen LogP) is 2.33. The van der Waals surface area contributed by atoms with Gasteiger partial charge in [-0.05, 0) is 39.3 Å². The molecule has 4 N–H and O–H groups in total. The highest BCUT2D eigenvalue weighted by molar-refractivity contribution is 5.69. The Bertz CT molecular complexity index is 1060. The molecule has 0 unspecified atom stereocenters. The summed E-state index contributed by atoms with van der Waals surface area (Å²) >= 11 is 0. The van der Waals surface area contributed by atoms with Gasteiger partial charge in [0.25, 0.3) is 0 Å². The van der Waals surface area contributed by atoms with Crippen LogP contribution in [0.4, 0.5) is 11.6 Å². The maximum absolute atomic E-state index is 10.1. The fraction of sp³-hybridized carbons (Fsp3) is 0.400. The molecule has 0 aromatic carbocycles. The summed E-state index contributed by atoms with van der Waals surface area (Å²) in [7, 11) is 0. The van der Waals surface area contributed by atoms with E-state index >= 15 is 0 Å². The van der Waals surface area contributed by atoms with E-state index in [2.05, 4.69) is 26.5 Å². The molecule has 8 nitrogen and oxygen atoms in total. The van der Waals surface area contributed by atoms with E-state index in [-0.39, 0.29) is 11.4 Å². The Morgan fingerprint density at radius 3 is 2.71 bits per heavy atom. The first-order valence-electron chi connectivity index (χ1n) is 9.26. The molecule has 0 fully saturated rings. The van der Waals surface area contributed by atoms with Crippen LogP contribution in [0.15, 0.2) is 18.2 Å². The van der Waals surface area contributed by atoms with Crippen molar-refractivity contribution in [3.8, 4) is 6.07 Å². The third-order valence-electron chi connectivity index (χ3n) is 4.67. The van der Waals surface area contributed by atoms with Crippen molar-refractivity contribution in [3.05, 3.63) is 46.4 Å². The fourth-order valence-corrected chi connectivity index (χ4v) is 3.14. The maximum atomic E-state index is 10.1. The predicted molar refractivity (Wildman–Crippen MR) is 108 cm³/mol. The van der Waals surface area contributed by atoms with E-state index in [9.17, 15) is 10.4 Å². The molecule has 0 saturated carbocycles. The molecule has 0 spiro atoms. The highest BCUT2D eigenvalue weighted by Gasteiger charge is 2.19. The number of aliphatic hydroxyl groups is 1. The lowest BCUT2D eigenvalue weighted by Crippen LogP contribution is -2.19. The lowest BCUT2D eigenvalue weighted by Gasteiger charge is -2.17. The summed E-state index contributed by atoms with van der Waals surface area (Å²) in [5.74, 6) is 0.723. The number of hydrogen-bond donors (Lipinski definition) is 3. The minimum atomic E-state index is -0.991. The van der Waals surface area contributed by atoms with Crippen LogP contribution in [0.25, 0.3) is 5.65 Å². The van der Waals surface area contributed by atoms with Gasteiger partial charge in [-0.3, -0.25) is 4.98 Å². The quantitative estimate of drug-likeness (QED) is 0.600. The summed E-state index contributed by atoms with van der Waals surface area (Å²) < 4.78 is 1.53. The second-order valence-electron chi connectivity index (χ2n) is 7.24. The van der Waals surface area contributed by atoms with Crippen LogP contribution in [-0.4, -0.2) is 31.2 Å². The zero-order valence-electron chi connectivity index (χ0n) is 16.6. The Labute approximate surface area is 164 Å². The number of hydrogen-bond acceptors (Lipinski definition) is 7. The molecule has 3 aromatic heterocycles. The van der Waals surface area contributed by atoms with Crippen molar-refractivity contribution >= 4 is 17.3 Å². The van der Waals surface area contributed by atoms with E-state index in [4.69, 9.17) is 5.73 Å². The SMILES string of the molecule is CCc1c(C)nn2c(N)c(C#N)c(NCCc3cccc(C(C)(C)O)n3)nc12. The Morgan fingerprint density at radius 1 is 1.32 bits per heavy atom. The largest absolute Gasteiger partial charge is 0.384 e. The highest BCUT2D eigenvalue weighted by Crippen LogP contribution is 2.25. The first-order valence-corrected chi connectivity index (χ1v) is 9.26. The number of fused-ring (bicyclic) bond motifs is 1. The molecule has 3 rings (SSSR count). The molecule has 0 bridgehead atoms. The number of aryl methyl sites for hydroxylation is 2. The Hall–Kier alpha value is -3.18. The molecule has 0 radical (unpaired) electrons. The van der Waals surface area contributed by atoms with Crippen molar-refractivity contribution in [2.24, 2.45) is 0 Å². The Kier molecular flexibility index (Phi) is 5.21. The second kappa shape index (κ2) is 7.44. The summed E-state index contributed by atoms with van der Waals surface area (Å²) in [4.78, 5) is 9.11. The molecule has 0 aliphatic rings. The van der Waals surface area contributed by atoms with E-state index in [1.54, 1.807) is 19.9 Å². The number of nitrogens with one attached hydrogen (secondary N) is 1. The number of anilines is 2. The normalized spacial score (nSPS) is 11.6. The first-order chi connectivity index (χ1) is 13.3. The van der Waals surface area contributed by atoms with Gasteiger partial charge in [-0.15, -0.1) is 0 Å². The molecule has 3 heterocycles. The van der Waals surface area contributed by atoms with Crippen LogP contribution in [0.2, 0.25) is 0 Å². The number of pyridine rings is 1. The number of nitriles is 1. The van der Waals surface area contributed by atoms with Gasteiger partial charge in [0.05, 0.1) is 11.4 Å². The lowest BCUT2D eigenvalue weighted by molar-refractivity contribution is 0.0736. The molecule has 3 aromatic rings. The molecule has 0 saturated heterocycles. The molecule has 0 aliphatic heterocycles. The second-order valence-corrected chi connectivity index (χ2v) is 7.24. The van der Waals surface area contributed by atoms with Crippen molar-refractivity contribution in [2.75, 3.05) is 17.6 Å². The van der Waals surface area contributed by atoms with E-state index < -0.39 is 5.60 Å². The topological polar surface area (TPSA) is 125 Å². The van der Waals surface area contributed by atoms with Crippen LogP contribution in [0, 0.1) is 18.3 Å². The number of nitrogens with two attached hydrogens (primary N) is 1. The van der Waals surface area contributed by atoms with Gasteiger partial charge in [-0.1, -0.05) is 13.0 Å². The van der Waals surface area contributed by atoms with Gasteiger partial charge in [0.2, 0.25) is 0 Å². The minimum absolute atomic E-state index is 0.274. The maximum Gasteiger partial charge on any atom is 0.163 e. The summed E-state index contributed by atoms with van der Waals surface area (Å²) in [5.41, 5.74) is 9.46. The van der Waals surface area contributed by atoms with Gasteiger partial charge in [0.1, 0.15) is 28.9 Å². The van der Waals surface area contributed by atoms with Crippen molar-refractivity contribution in [3.63, 3.8) is 0 Å². The molecule has 0 atom stereocenters. The number of nitrogen functional groups attached to an aromatic ring is 1. The number of rotatable bonds is 6. The minimum Gasteiger partial charge on any atom is -0.384 e. The summed E-state index contributed by atoms with van der Waals surface area (Å²) in [6.45, 7) is 7.88. The van der Waals surface area contributed by atoms with E-state index in [1.165, 1.54) is 4.52 Å².